The molecule has 2 aromatic rings. The van der Waals surface area contributed by atoms with Crippen LogP contribution in [0.4, 0.5) is 0 Å². The second-order valence-electron chi connectivity index (χ2n) is 3.51. The van der Waals surface area contributed by atoms with Gasteiger partial charge >= 0.3 is 0 Å². The highest BCUT2D eigenvalue weighted by Crippen LogP contribution is 2.14. The van der Waals surface area contributed by atoms with E-state index in [1.807, 2.05) is 36.4 Å². The first-order chi connectivity index (χ1) is 8.29. The molecular weight excluding hydrogens is 234 g/mol. The van der Waals surface area contributed by atoms with Gasteiger partial charge in [-0.3, -0.25) is 4.21 Å². The Hall–Kier alpha value is -1.68. The Morgan fingerprint density at radius 2 is 1.94 bits per heavy atom. The molecule has 0 N–H and O–H groups in total. The number of rotatable bonds is 4. The molecule has 0 bridgehead atoms. The van der Waals surface area contributed by atoms with Gasteiger partial charge in [-0.2, -0.15) is 0 Å². The van der Waals surface area contributed by atoms with Crippen LogP contribution >= 0.6 is 0 Å². The first-order valence-corrected chi connectivity index (χ1v) is 6.54. The molecule has 0 saturated heterocycles. The molecule has 2 rings (SSSR count). The molecule has 1 atom stereocenters. The number of nitrogens with zero attached hydrogens (tertiary/aromatic N) is 1. The number of hydrogen-bond donors (Lipinski definition) is 0. The van der Waals surface area contributed by atoms with Crippen molar-refractivity contribution in [3.8, 4) is 5.75 Å². The van der Waals surface area contributed by atoms with Crippen LogP contribution in [0, 0.1) is 0 Å². The van der Waals surface area contributed by atoms with Crippen molar-refractivity contribution >= 4 is 10.8 Å². The van der Waals surface area contributed by atoms with Crippen LogP contribution in [0.1, 0.15) is 5.56 Å². The quantitative estimate of drug-likeness (QED) is 0.832. The van der Waals surface area contributed by atoms with Gasteiger partial charge in [0, 0.05) is 6.20 Å². The van der Waals surface area contributed by atoms with Crippen LogP contribution in [0.5, 0.6) is 5.75 Å². The minimum Gasteiger partial charge on any atom is -0.497 e. The van der Waals surface area contributed by atoms with Crippen molar-refractivity contribution in [1.29, 1.82) is 0 Å². The molecule has 0 fully saturated rings. The first-order valence-electron chi connectivity index (χ1n) is 5.22. The molecule has 0 amide bonds. The number of aromatic nitrogens is 1. The van der Waals surface area contributed by atoms with Gasteiger partial charge in [0.1, 0.15) is 10.8 Å². The number of benzene rings is 1. The molecule has 0 aliphatic carbocycles. The summed E-state index contributed by atoms with van der Waals surface area (Å²) >= 11 is 0. The molecule has 1 unspecified atom stereocenters. The van der Waals surface area contributed by atoms with E-state index in [1.165, 1.54) is 0 Å². The largest absolute Gasteiger partial charge is 0.497 e. The van der Waals surface area contributed by atoms with Crippen LogP contribution in [-0.2, 0) is 16.6 Å². The van der Waals surface area contributed by atoms with Gasteiger partial charge in [0.05, 0.1) is 23.7 Å². The van der Waals surface area contributed by atoms with E-state index in [0.29, 0.717) is 10.8 Å². The molecule has 0 aliphatic rings. The fourth-order valence-electron chi connectivity index (χ4n) is 1.43. The third-order valence-electron chi connectivity index (χ3n) is 2.33. The Balaban J connectivity index is 2.08. The Bertz CT molecular complexity index is 497. The van der Waals surface area contributed by atoms with Crippen LogP contribution in [0.25, 0.3) is 0 Å². The van der Waals surface area contributed by atoms with E-state index < -0.39 is 10.8 Å². The third kappa shape index (κ3) is 3.14. The standard InChI is InChI=1S/C13H13NO2S/c1-16-12-7-5-11(6-8-12)10-17(15)13-4-2-3-9-14-13/h2-9H,10H2,1H3. The SMILES string of the molecule is COc1ccc(CS(=O)c2ccccn2)cc1. The van der Waals surface area contributed by atoms with E-state index in [2.05, 4.69) is 4.98 Å². The second-order valence-corrected chi connectivity index (χ2v) is 4.90. The topological polar surface area (TPSA) is 39.2 Å². The van der Waals surface area contributed by atoms with Crippen molar-refractivity contribution < 1.29 is 8.95 Å². The lowest BCUT2D eigenvalue weighted by Crippen LogP contribution is -1.98. The minimum absolute atomic E-state index is 0.473. The summed E-state index contributed by atoms with van der Waals surface area (Å²) in [6.07, 6.45) is 1.65. The lowest BCUT2D eigenvalue weighted by atomic mass is 10.2. The molecule has 17 heavy (non-hydrogen) atoms. The molecule has 1 aromatic heterocycles. The molecule has 4 heteroatoms. The van der Waals surface area contributed by atoms with Crippen LogP contribution in [0.15, 0.2) is 53.7 Å². The van der Waals surface area contributed by atoms with E-state index in [1.54, 1.807) is 19.4 Å². The zero-order chi connectivity index (χ0) is 12.1. The molecule has 88 valence electrons. The van der Waals surface area contributed by atoms with Gasteiger partial charge in [-0.1, -0.05) is 18.2 Å². The fourth-order valence-corrected chi connectivity index (χ4v) is 2.48. The van der Waals surface area contributed by atoms with Gasteiger partial charge in [0.2, 0.25) is 0 Å². The van der Waals surface area contributed by atoms with Crippen LogP contribution in [0.2, 0.25) is 0 Å². The number of ether oxygens (including phenoxy) is 1. The van der Waals surface area contributed by atoms with Crippen molar-refractivity contribution in [1.82, 2.24) is 4.98 Å². The maximum Gasteiger partial charge on any atom is 0.127 e. The smallest absolute Gasteiger partial charge is 0.127 e. The van der Waals surface area contributed by atoms with Crippen LogP contribution < -0.4 is 4.74 Å². The van der Waals surface area contributed by atoms with Crippen molar-refractivity contribution in [2.24, 2.45) is 0 Å². The zero-order valence-electron chi connectivity index (χ0n) is 9.50. The van der Waals surface area contributed by atoms with E-state index in [4.69, 9.17) is 4.74 Å². The molecule has 1 heterocycles. The molecular formula is C13H13NO2S. The summed E-state index contributed by atoms with van der Waals surface area (Å²) in [5.41, 5.74) is 1.01. The molecule has 1 aromatic carbocycles. The highest BCUT2D eigenvalue weighted by atomic mass is 32.2. The van der Waals surface area contributed by atoms with Crippen molar-refractivity contribution in [3.63, 3.8) is 0 Å². The lowest BCUT2D eigenvalue weighted by Gasteiger charge is -2.03. The molecule has 3 nitrogen and oxygen atoms in total. The number of pyridine rings is 1. The maximum atomic E-state index is 12.0. The van der Waals surface area contributed by atoms with Gasteiger partial charge in [-0.25, -0.2) is 4.98 Å². The molecule has 0 spiro atoms. The van der Waals surface area contributed by atoms with E-state index in [9.17, 15) is 4.21 Å². The summed E-state index contributed by atoms with van der Waals surface area (Å²) in [6.45, 7) is 0. The first kappa shape index (κ1) is 11.8. The Morgan fingerprint density at radius 3 is 2.53 bits per heavy atom. The highest BCUT2D eigenvalue weighted by Gasteiger charge is 2.05. The zero-order valence-corrected chi connectivity index (χ0v) is 10.3. The highest BCUT2D eigenvalue weighted by molar-refractivity contribution is 7.84. The van der Waals surface area contributed by atoms with Crippen LogP contribution in [0.3, 0.4) is 0 Å². The monoisotopic (exact) mass is 247 g/mol. The van der Waals surface area contributed by atoms with Gasteiger partial charge in [0.25, 0.3) is 0 Å². The summed E-state index contributed by atoms with van der Waals surface area (Å²) in [5, 5.41) is 0.614. The number of methoxy groups -OCH3 is 1. The maximum absolute atomic E-state index is 12.0. The predicted octanol–water partition coefficient (Wildman–Crippen LogP) is 2.40. The van der Waals surface area contributed by atoms with E-state index in [-0.39, 0.29) is 0 Å². The van der Waals surface area contributed by atoms with Gasteiger partial charge < -0.3 is 4.74 Å². The summed E-state index contributed by atoms with van der Waals surface area (Å²) in [6, 6.07) is 13.0. The second kappa shape index (κ2) is 5.59. The Labute approximate surface area is 103 Å². The molecule has 0 aliphatic heterocycles. The third-order valence-corrected chi connectivity index (χ3v) is 3.63. The van der Waals surface area contributed by atoms with Crippen molar-refractivity contribution in [2.75, 3.05) is 7.11 Å². The van der Waals surface area contributed by atoms with Crippen LogP contribution in [-0.4, -0.2) is 16.3 Å². The lowest BCUT2D eigenvalue weighted by molar-refractivity contribution is 0.414. The molecule has 0 saturated carbocycles. The van der Waals surface area contributed by atoms with Crippen molar-refractivity contribution in [2.45, 2.75) is 10.8 Å². The normalized spacial score (nSPS) is 12.1. The summed E-state index contributed by atoms with van der Waals surface area (Å²) < 4.78 is 17.1. The van der Waals surface area contributed by atoms with E-state index >= 15 is 0 Å². The Kier molecular flexibility index (Phi) is 3.88. The van der Waals surface area contributed by atoms with Gasteiger partial charge in [-0.15, -0.1) is 0 Å². The minimum atomic E-state index is -1.09. The van der Waals surface area contributed by atoms with E-state index in [0.717, 1.165) is 11.3 Å². The molecule has 0 radical (unpaired) electrons. The summed E-state index contributed by atoms with van der Waals surface area (Å²) in [7, 11) is 0.531. The Morgan fingerprint density at radius 1 is 1.18 bits per heavy atom. The summed E-state index contributed by atoms with van der Waals surface area (Å²) in [4.78, 5) is 4.08. The average Bonchev–Trinajstić information content (AvgIpc) is 2.40. The fraction of sp³-hybridized carbons (Fsp3) is 0.154. The predicted molar refractivity (Wildman–Crippen MR) is 67.3 cm³/mol. The average molecular weight is 247 g/mol. The van der Waals surface area contributed by atoms with Gasteiger partial charge in [-0.05, 0) is 29.8 Å². The van der Waals surface area contributed by atoms with Gasteiger partial charge in [0.15, 0.2) is 0 Å². The summed E-state index contributed by atoms with van der Waals surface area (Å²) in [5.74, 6) is 1.28. The number of hydrogen-bond acceptors (Lipinski definition) is 3. The van der Waals surface area contributed by atoms with Crippen molar-refractivity contribution in [3.05, 3.63) is 54.2 Å².